The SMILES string of the molecule is CC(C)n1cncc1CNCCN(C)C. The third kappa shape index (κ3) is 4.01. The number of nitrogens with one attached hydrogen (secondary N) is 1. The van der Waals surface area contributed by atoms with Gasteiger partial charge in [-0.05, 0) is 27.9 Å². The standard InChI is InChI=1S/C11H22N4/c1-10(2)15-9-13-8-11(15)7-12-5-6-14(3)4/h8-10,12H,5-7H2,1-4H3. The van der Waals surface area contributed by atoms with Gasteiger partial charge in [0.15, 0.2) is 0 Å². The van der Waals surface area contributed by atoms with Crippen molar-refractivity contribution in [3.63, 3.8) is 0 Å². The Balaban J connectivity index is 2.34. The number of rotatable bonds is 6. The molecule has 0 aliphatic carbocycles. The van der Waals surface area contributed by atoms with Crippen LogP contribution in [0.5, 0.6) is 0 Å². The maximum Gasteiger partial charge on any atom is 0.0951 e. The van der Waals surface area contributed by atoms with Crippen LogP contribution in [0.4, 0.5) is 0 Å². The Labute approximate surface area is 92.3 Å². The lowest BCUT2D eigenvalue weighted by Gasteiger charge is -2.13. The molecule has 0 unspecified atom stereocenters. The monoisotopic (exact) mass is 210 g/mol. The maximum absolute atomic E-state index is 4.17. The van der Waals surface area contributed by atoms with Gasteiger partial charge in [0.25, 0.3) is 0 Å². The molecule has 4 nitrogen and oxygen atoms in total. The summed E-state index contributed by atoms with van der Waals surface area (Å²) in [5.41, 5.74) is 1.25. The fourth-order valence-corrected chi connectivity index (χ4v) is 1.45. The third-order valence-electron chi connectivity index (χ3n) is 2.34. The van der Waals surface area contributed by atoms with Gasteiger partial charge in [-0.1, -0.05) is 0 Å². The van der Waals surface area contributed by atoms with Crippen LogP contribution in [0.25, 0.3) is 0 Å². The number of nitrogens with zero attached hydrogens (tertiary/aromatic N) is 3. The van der Waals surface area contributed by atoms with Crippen LogP contribution in [0, 0.1) is 0 Å². The fourth-order valence-electron chi connectivity index (χ4n) is 1.45. The van der Waals surface area contributed by atoms with Crippen molar-refractivity contribution in [3.05, 3.63) is 18.2 Å². The molecule has 1 aromatic rings. The molecule has 0 saturated heterocycles. The zero-order valence-corrected chi connectivity index (χ0v) is 10.2. The number of imidazole rings is 1. The quantitative estimate of drug-likeness (QED) is 0.714. The Kier molecular flexibility index (Phi) is 4.78. The van der Waals surface area contributed by atoms with Crippen molar-refractivity contribution < 1.29 is 0 Å². The van der Waals surface area contributed by atoms with Gasteiger partial charge in [0.1, 0.15) is 0 Å². The van der Waals surface area contributed by atoms with Gasteiger partial charge >= 0.3 is 0 Å². The van der Waals surface area contributed by atoms with Gasteiger partial charge in [0.2, 0.25) is 0 Å². The maximum atomic E-state index is 4.17. The Morgan fingerprint density at radius 3 is 2.80 bits per heavy atom. The fraction of sp³-hybridized carbons (Fsp3) is 0.727. The summed E-state index contributed by atoms with van der Waals surface area (Å²) < 4.78 is 2.20. The van der Waals surface area contributed by atoms with E-state index < -0.39 is 0 Å². The summed E-state index contributed by atoms with van der Waals surface area (Å²) in [4.78, 5) is 6.34. The van der Waals surface area contributed by atoms with Crippen molar-refractivity contribution in [1.29, 1.82) is 0 Å². The number of aromatic nitrogens is 2. The van der Waals surface area contributed by atoms with Crippen LogP contribution >= 0.6 is 0 Å². The van der Waals surface area contributed by atoms with E-state index >= 15 is 0 Å². The van der Waals surface area contributed by atoms with E-state index in [0.717, 1.165) is 19.6 Å². The minimum atomic E-state index is 0.484. The van der Waals surface area contributed by atoms with Crippen LogP contribution in [0.15, 0.2) is 12.5 Å². The minimum absolute atomic E-state index is 0.484. The van der Waals surface area contributed by atoms with Crippen LogP contribution in [0.1, 0.15) is 25.6 Å². The lowest BCUT2D eigenvalue weighted by Crippen LogP contribution is -2.27. The molecule has 0 radical (unpaired) electrons. The molecule has 0 fully saturated rings. The highest BCUT2D eigenvalue weighted by molar-refractivity contribution is 4.99. The summed E-state index contributed by atoms with van der Waals surface area (Å²) in [6, 6.07) is 0.484. The predicted octanol–water partition coefficient (Wildman–Crippen LogP) is 1.12. The van der Waals surface area contributed by atoms with Crippen molar-refractivity contribution >= 4 is 0 Å². The summed E-state index contributed by atoms with van der Waals surface area (Å²) in [5.74, 6) is 0. The van der Waals surface area contributed by atoms with Crippen molar-refractivity contribution in [2.75, 3.05) is 27.2 Å². The molecule has 86 valence electrons. The van der Waals surface area contributed by atoms with E-state index in [-0.39, 0.29) is 0 Å². The molecule has 0 aromatic carbocycles. The molecule has 1 heterocycles. The van der Waals surface area contributed by atoms with Crippen LogP contribution in [0.2, 0.25) is 0 Å². The molecule has 0 aliphatic rings. The second-order valence-electron chi connectivity index (χ2n) is 4.37. The van der Waals surface area contributed by atoms with Gasteiger partial charge < -0.3 is 14.8 Å². The largest absolute Gasteiger partial charge is 0.331 e. The highest BCUT2D eigenvalue weighted by atomic mass is 15.1. The Morgan fingerprint density at radius 2 is 2.20 bits per heavy atom. The third-order valence-corrected chi connectivity index (χ3v) is 2.34. The number of likely N-dealkylation sites (N-methyl/N-ethyl adjacent to an activating group) is 1. The van der Waals surface area contributed by atoms with E-state index in [2.05, 4.69) is 47.7 Å². The van der Waals surface area contributed by atoms with E-state index in [1.165, 1.54) is 5.69 Å². The van der Waals surface area contributed by atoms with Crippen LogP contribution in [-0.4, -0.2) is 41.6 Å². The van der Waals surface area contributed by atoms with Gasteiger partial charge in [-0.2, -0.15) is 0 Å². The Bertz CT molecular complexity index is 278. The Hall–Kier alpha value is -0.870. The van der Waals surface area contributed by atoms with Crippen molar-refractivity contribution in [3.8, 4) is 0 Å². The molecule has 4 heteroatoms. The first kappa shape index (κ1) is 12.2. The van der Waals surface area contributed by atoms with Gasteiger partial charge in [-0.15, -0.1) is 0 Å². The van der Waals surface area contributed by atoms with E-state index in [1.807, 2.05) is 12.5 Å². The molecule has 0 saturated carbocycles. The molecule has 15 heavy (non-hydrogen) atoms. The van der Waals surface area contributed by atoms with E-state index in [1.54, 1.807) is 0 Å². The second kappa shape index (κ2) is 5.88. The molecule has 0 aliphatic heterocycles. The zero-order chi connectivity index (χ0) is 11.3. The van der Waals surface area contributed by atoms with E-state index in [0.29, 0.717) is 6.04 Å². The molecule has 1 N–H and O–H groups in total. The summed E-state index contributed by atoms with van der Waals surface area (Å²) in [6.07, 6.45) is 3.83. The average Bonchev–Trinajstić information content (AvgIpc) is 2.60. The summed E-state index contributed by atoms with van der Waals surface area (Å²) in [5, 5.41) is 3.41. The first-order valence-corrected chi connectivity index (χ1v) is 5.47. The molecular weight excluding hydrogens is 188 g/mol. The summed E-state index contributed by atoms with van der Waals surface area (Å²) >= 11 is 0. The number of hydrogen-bond donors (Lipinski definition) is 1. The molecular formula is C11H22N4. The second-order valence-corrected chi connectivity index (χ2v) is 4.37. The molecule has 0 spiro atoms. The summed E-state index contributed by atoms with van der Waals surface area (Å²) in [6.45, 7) is 7.31. The van der Waals surface area contributed by atoms with Gasteiger partial charge in [0, 0.05) is 31.9 Å². The molecule has 1 rings (SSSR count). The van der Waals surface area contributed by atoms with Gasteiger partial charge in [-0.3, -0.25) is 0 Å². The van der Waals surface area contributed by atoms with Crippen molar-refractivity contribution in [2.24, 2.45) is 0 Å². The van der Waals surface area contributed by atoms with Gasteiger partial charge in [-0.25, -0.2) is 4.98 Å². The van der Waals surface area contributed by atoms with E-state index in [4.69, 9.17) is 0 Å². The summed E-state index contributed by atoms with van der Waals surface area (Å²) in [7, 11) is 4.17. The molecule has 0 amide bonds. The molecule has 0 atom stereocenters. The molecule has 1 aromatic heterocycles. The topological polar surface area (TPSA) is 33.1 Å². The van der Waals surface area contributed by atoms with Crippen LogP contribution < -0.4 is 5.32 Å². The van der Waals surface area contributed by atoms with Crippen LogP contribution in [0.3, 0.4) is 0 Å². The minimum Gasteiger partial charge on any atom is -0.331 e. The number of hydrogen-bond acceptors (Lipinski definition) is 3. The van der Waals surface area contributed by atoms with Crippen molar-refractivity contribution in [2.45, 2.75) is 26.4 Å². The first-order valence-electron chi connectivity index (χ1n) is 5.47. The lowest BCUT2D eigenvalue weighted by atomic mass is 10.3. The zero-order valence-electron chi connectivity index (χ0n) is 10.2. The lowest BCUT2D eigenvalue weighted by molar-refractivity contribution is 0.397. The van der Waals surface area contributed by atoms with E-state index in [9.17, 15) is 0 Å². The average molecular weight is 210 g/mol. The Morgan fingerprint density at radius 1 is 1.47 bits per heavy atom. The predicted molar refractivity (Wildman–Crippen MR) is 62.9 cm³/mol. The normalized spacial score (nSPS) is 11.6. The van der Waals surface area contributed by atoms with Crippen molar-refractivity contribution in [1.82, 2.24) is 19.8 Å². The van der Waals surface area contributed by atoms with Crippen LogP contribution in [-0.2, 0) is 6.54 Å². The molecule has 0 bridgehead atoms. The highest BCUT2D eigenvalue weighted by Crippen LogP contribution is 2.07. The van der Waals surface area contributed by atoms with Gasteiger partial charge in [0.05, 0.1) is 12.0 Å². The smallest absolute Gasteiger partial charge is 0.0951 e. The highest BCUT2D eigenvalue weighted by Gasteiger charge is 2.04. The first-order chi connectivity index (χ1) is 7.11.